The van der Waals surface area contributed by atoms with Crippen molar-refractivity contribution in [3.8, 4) is 0 Å². The molecule has 18 heteroatoms. The van der Waals surface area contributed by atoms with Crippen molar-refractivity contribution in [1.29, 1.82) is 0 Å². The summed E-state index contributed by atoms with van der Waals surface area (Å²) in [5, 5.41) is 38.0. The summed E-state index contributed by atoms with van der Waals surface area (Å²) < 4.78 is 17.0. The second kappa shape index (κ2) is 3630. The van der Waals surface area contributed by atoms with Crippen LogP contribution in [0.4, 0.5) is 0 Å². The van der Waals surface area contributed by atoms with Crippen LogP contribution in [0.3, 0.4) is 0 Å². The van der Waals surface area contributed by atoms with Gasteiger partial charge in [-0.15, -0.1) is 0 Å². The van der Waals surface area contributed by atoms with Gasteiger partial charge in [-0.25, -0.2) is 0 Å². The zero-order valence-corrected chi connectivity index (χ0v) is 18.7. The largest absolute Gasteiger partial charge is 0 e. The van der Waals surface area contributed by atoms with Crippen molar-refractivity contribution in [3.05, 3.63) is 9.93 Å². The first-order valence-corrected chi connectivity index (χ1v) is 5.14. The van der Waals surface area contributed by atoms with Crippen molar-refractivity contribution in [1.82, 2.24) is 0 Å². The normalized spacial score (nSPS) is 2.00. The van der Waals surface area contributed by atoms with Gasteiger partial charge in [-0.1, -0.05) is 27.7 Å². The molecule has 0 aromatic carbocycles. The molecule has 24 heavy (non-hydrogen) atoms. The Hall–Kier alpha value is 0.853. The van der Waals surface area contributed by atoms with E-state index in [1.165, 1.54) is 0 Å². The molecule has 12 N–H and O–H groups in total. The number of hydrogen-bond acceptors (Lipinski definition) is 10. The Labute approximate surface area is 183 Å². The Morgan fingerprint density at radius 3 is 0.583 bits per heavy atom. The van der Waals surface area contributed by atoms with Gasteiger partial charge >= 0.3 is 30.0 Å². The number of hydrogen-bond donors (Lipinski definition) is 6. The van der Waals surface area contributed by atoms with E-state index in [1.807, 2.05) is 27.7 Å². The fourth-order valence-electron chi connectivity index (χ4n) is 0. The quantitative estimate of drug-likeness (QED) is 0.128. The number of rotatable bonds is 0. The average Bonchev–Trinajstić information content (AvgIpc) is 2.53. The summed E-state index contributed by atoms with van der Waals surface area (Å²) in [5.74, 6) is 0. The molecule has 152 valence electrons. The monoisotopic (exact) mass is 485 g/mol. The van der Waals surface area contributed by atoms with Crippen LogP contribution in [0.5, 0.6) is 0 Å². The van der Waals surface area contributed by atoms with Crippen LogP contribution in [0.25, 0.3) is 0 Å². The Bertz CT molecular complexity index is 85.3. The van der Waals surface area contributed by atoms with Crippen LogP contribution >= 0.6 is 0 Å². The van der Waals surface area contributed by atoms with Gasteiger partial charge in [-0.3, -0.25) is 21.0 Å². The fourth-order valence-corrected chi connectivity index (χ4v) is 0. The molecular weight excluding hydrogens is 451 g/mol. The first-order valence-electron chi connectivity index (χ1n) is 3.87. The summed E-state index contributed by atoms with van der Waals surface area (Å²) in [5.41, 5.74) is 0. The van der Waals surface area contributed by atoms with Gasteiger partial charge in [0.15, 0.2) is 0 Å². The fraction of sp³-hybridized carbons (Fsp3) is 1.00. The molecule has 0 fully saturated rings. The number of aliphatic hydroxyl groups excluding tert-OH is 2. The maximum Gasteiger partial charge on any atom is 0 e. The predicted molar refractivity (Wildman–Crippen MR) is 83.3 cm³/mol. The van der Waals surface area contributed by atoms with E-state index >= 15 is 0 Å². The van der Waals surface area contributed by atoms with Gasteiger partial charge in [-0.2, -0.15) is 0 Å². The summed E-state index contributed by atoms with van der Waals surface area (Å²) in [4.78, 5) is 14.0. The summed E-state index contributed by atoms with van der Waals surface area (Å²) in [7, 11) is 2.00. The third kappa shape index (κ3) is 15000. The predicted octanol–water partition coefficient (Wildman–Crippen LogP) is -1.77. The molecule has 0 bridgehead atoms. The van der Waals surface area contributed by atoms with E-state index in [2.05, 4.69) is 0 Å². The first-order chi connectivity index (χ1) is 8.41. The van der Waals surface area contributed by atoms with E-state index in [0.29, 0.717) is 0 Å². The van der Waals surface area contributed by atoms with Gasteiger partial charge in [0.2, 0.25) is 0 Å². The molecule has 13 nitrogen and oxygen atoms in total. The molecule has 0 aromatic heterocycles. The van der Waals surface area contributed by atoms with Crippen molar-refractivity contribution in [2.75, 3.05) is 14.2 Å². The molecule has 0 aliphatic carbocycles. The smallest absolute Gasteiger partial charge is 0 e. The maximum atomic E-state index is 8.50. The van der Waals surface area contributed by atoms with E-state index in [0.717, 1.165) is 14.2 Å². The molecule has 0 aromatic rings. The molecule has 0 unspecified atom stereocenters. The molecule has 8 radical (unpaired) electrons. The van der Waals surface area contributed by atoms with Gasteiger partial charge in [0.1, 0.15) is 0 Å². The summed E-state index contributed by atoms with van der Waals surface area (Å²) in [6.45, 7) is 8.00. The van der Waals surface area contributed by atoms with E-state index in [9.17, 15) is 0 Å². The summed E-state index contributed by atoms with van der Waals surface area (Å²) in [6, 6.07) is 0. The molecule has 0 saturated carbocycles. The molecule has 0 aliphatic rings. The Kier molecular flexibility index (Phi) is 22000. The van der Waals surface area contributed by atoms with Crippen molar-refractivity contribution in [2.24, 2.45) is 0 Å². The SMILES string of the molecule is CC.CC.CO.CO.O.O.O.O=O.OO.OO.[B].[B].[H+].[H+].[H+].[O]=[Ti]=[O].[V].[V]. The van der Waals surface area contributed by atoms with Crippen molar-refractivity contribution in [2.45, 2.75) is 27.7 Å². The molecule has 0 amide bonds. The molecular formula is C6H33B2O13TiV2+3. The van der Waals surface area contributed by atoms with Crippen molar-refractivity contribution in [3.63, 3.8) is 0 Å². The van der Waals surface area contributed by atoms with Crippen molar-refractivity contribution >= 4 is 16.8 Å². The van der Waals surface area contributed by atoms with Gasteiger partial charge in [0.25, 0.3) is 0 Å². The van der Waals surface area contributed by atoms with Crippen LogP contribution in [0.1, 0.15) is 32.0 Å². The minimum absolute atomic E-state index is 0. The topological polar surface area (TPSA) is 284 Å². The summed E-state index contributed by atoms with van der Waals surface area (Å²) in [6.07, 6.45) is 0. The van der Waals surface area contributed by atoms with E-state index in [1.54, 1.807) is 0 Å². The summed E-state index contributed by atoms with van der Waals surface area (Å²) >= 11 is -2.00. The van der Waals surface area contributed by atoms with Gasteiger partial charge in [0, 0.05) is 78.1 Å². The molecule has 0 atom stereocenters. The van der Waals surface area contributed by atoms with Crippen LogP contribution in [0, 0.1) is 9.93 Å². The van der Waals surface area contributed by atoms with Crippen LogP contribution < -0.4 is 0 Å². The number of aliphatic hydroxyl groups is 2. The minimum Gasteiger partial charge on any atom is 0 e. The standard InChI is InChI=1S/2C2H6.2CH4O.2B.2H2O2.O2.3H2O.2O.Ti.2V/c4*1-2;;;3*1-2;;;;;;;;/h2*1-2H3;2*2H,1H3;;;2*1-2H;;3*1H2;;;;;/p+3. The maximum absolute atomic E-state index is 8.50. The van der Waals surface area contributed by atoms with Crippen molar-refractivity contribution < 1.29 is 115 Å². The van der Waals surface area contributed by atoms with Crippen LogP contribution in [0.2, 0.25) is 0 Å². The van der Waals surface area contributed by atoms with Crippen LogP contribution in [-0.4, -0.2) is 78.7 Å². The van der Waals surface area contributed by atoms with Crippen LogP contribution in [0.15, 0.2) is 0 Å². The zero-order chi connectivity index (χ0) is 16.7. The second-order valence-electron chi connectivity index (χ2n) is 0.0833. The van der Waals surface area contributed by atoms with Gasteiger partial charge in [-0.05, 0) is 0 Å². The molecule has 0 heterocycles. The zero-order valence-electron chi connectivity index (χ0n) is 17.4. The molecule has 0 rings (SSSR count). The first kappa shape index (κ1) is 146. The van der Waals surface area contributed by atoms with E-state index < -0.39 is 19.1 Å². The van der Waals surface area contributed by atoms with E-state index in [4.69, 9.17) is 47.8 Å². The second-order valence-corrected chi connectivity index (χ2v) is 0.344. The molecule has 0 spiro atoms. The third-order valence-corrected chi connectivity index (χ3v) is 0. The average molecular weight is 485 g/mol. The Morgan fingerprint density at radius 2 is 0.583 bits per heavy atom. The minimum atomic E-state index is -2.00. The third-order valence-electron chi connectivity index (χ3n) is 0. The molecule has 0 aliphatic heterocycles. The van der Waals surface area contributed by atoms with E-state index in [-0.39, 0.29) is 74.6 Å². The van der Waals surface area contributed by atoms with Crippen LogP contribution in [-0.2, 0) is 62.9 Å². The Morgan fingerprint density at radius 1 is 0.583 bits per heavy atom. The Balaban J connectivity index is -0.00000000204. The molecule has 0 saturated heterocycles. The van der Waals surface area contributed by atoms with Gasteiger partial charge in [0.05, 0.1) is 0 Å². The van der Waals surface area contributed by atoms with Gasteiger partial charge < -0.3 is 26.6 Å².